The highest BCUT2D eigenvalue weighted by Crippen LogP contribution is 2.54. The van der Waals surface area contributed by atoms with Crippen molar-refractivity contribution in [1.29, 1.82) is 0 Å². The SMILES string of the molecule is C=CCN(C(=O)c1ccc(F)cc1)c1cccc(C(=O)Nc2c(I)cc(C(F)(C(F)(F)F)C(F)(F)F)cc2C(F)(F)F)c1F. The molecule has 0 saturated carbocycles. The van der Waals surface area contributed by atoms with Gasteiger partial charge < -0.3 is 10.2 Å². The Morgan fingerprint density at radius 2 is 1.43 bits per heavy atom. The lowest BCUT2D eigenvalue weighted by molar-refractivity contribution is -0.348. The summed E-state index contributed by atoms with van der Waals surface area (Å²) in [6.07, 6.45) is -18.0. The molecule has 0 aliphatic heterocycles. The molecule has 1 N–H and O–H groups in total. The summed E-state index contributed by atoms with van der Waals surface area (Å²) in [5.41, 5.74) is -14.1. The van der Waals surface area contributed by atoms with E-state index >= 15 is 4.39 Å². The maximum absolute atomic E-state index is 15.6. The third-order valence-corrected chi connectivity index (χ3v) is 6.83. The fourth-order valence-electron chi connectivity index (χ4n) is 3.90. The molecule has 3 aromatic carbocycles. The number of amides is 2. The second kappa shape index (κ2) is 12.3. The highest BCUT2D eigenvalue weighted by Gasteiger charge is 2.73. The van der Waals surface area contributed by atoms with Crippen molar-refractivity contribution in [2.75, 3.05) is 16.8 Å². The smallest absolute Gasteiger partial charge is 0.320 e. The van der Waals surface area contributed by atoms with Crippen LogP contribution in [-0.2, 0) is 11.8 Å². The standard InChI is InChI=1S/C27H15F12IN2O2/c1-2-10-42(23(44)13-6-8-15(28)9-7-13)19-5-3-4-16(20(19)29)22(43)41-21-17(25(31,32)33)11-14(12-18(21)40)24(30,26(34,35)36)27(37,38)39/h2-9,11-12H,1,10H2,(H,41,43). The highest BCUT2D eigenvalue weighted by molar-refractivity contribution is 14.1. The molecule has 44 heavy (non-hydrogen) atoms. The molecular weight excluding hydrogens is 739 g/mol. The molecule has 3 rings (SSSR count). The van der Waals surface area contributed by atoms with Gasteiger partial charge in [-0.25, -0.2) is 13.2 Å². The second-order valence-electron chi connectivity index (χ2n) is 8.84. The van der Waals surface area contributed by atoms with Gasteiger partial charge in [0.25, 0.3) is 11.8 Å². The molecule has 0 aromatic heterocycles. The number of nitrogens with one attached hydrogen (secondary N) is 1. The molecule has 0 spiro atoms. The van der Waals surface area contributed by atoms with E-state index in [1.807, 2.05) is 0 Å². The molecule has 4 nitrogen and oxygen atoms in total. The van der Waals surface area contributed by atoms with Crippen molar-refractivity contribution in [2.45, 2.75) is 24.2 Å². The number of alkyl halides is 10. The number of hydrogen-bond donors (Lipinski definition) is 1. The Morgan fingerprint density at radius 3 is 1.93 bits per heavy atom. The highest BCUT2D eigenvalue weighted by atomic mass is 127. The number of anilines is 2. The zero-order valence-corrected chi connectivity index (χ0v) is 23.5. The number of carbonyl (C=O) groups excluding carboxylic acids is 2. The minimum atomic E-state index is -6.73. The average molecular weight is 754 g/mol. The van der Waals surface area contributed by atoms with Crippen molar-refractivity contribution in [3.05, 3.63) is 105 Å². The molecule has 0 bridgehead atoms. The lowest BCUT2D eigenvalue weighted by Gasteiger charge is -2.31. The molecule has 0 radical (unpaired) electrons. The van der Waals surface area contributed by atoms with Crippen LogP contribution in [0.3, 0.4) is 0 Å². The van der Waals surface area contributed by atoms with E-state index in [2.05, 4.69) is 6.58 Å². The van der Waals surface area contributed by atoms with E-state index in [4.69, 9.17) is 0 Å². The van der Waals surface area contributed by atoms with E-state index in [-0.39, 0.29) is 18.2 Å². The summed E-state index contributed by atoms with van der Waals surface area (Å²) in [6.45, 7) is 3.05. The summed E-state index contributed by atoms with van der Waals surface area (Å²) in [6, 6.07) is 5.84. The van der Waals surface area contributed by atoms with Crippen molar-refractivity contribution in [1.82, 2.24) is 0 Å². The molecule has 17 heteroatoms. The van der Waals surface area contributed by atoms with Crippen molar-refractivity contribution in [2.24, 2.45) is 0 Å². The first-order valence-electron chi connectivity index (χ1n) is 11.7. The summed E-state index contributed by atoms with van der Waals surface area (Å²) in [5, 5.41) is 1.61. The first-order valence-corrected chi connectivity index (χ1v) is 12.7. The van der Waals surface area contributed by atoms with Crippen LogP contribution in [0, 0.1) is 15.2 Å². The van der Waals surface area contributed by atoms with E-state index in [1.165, 1.54) is 0 Å². The van der Waals surface area contributed by atoms with E-state index in [0.29, 0.717) is 0 Å². The van der Waals surface area contributed by atoms with Gasteiger partial charge in [-0.2, -0.15) is 39.5 Å². The molecule has 0 saturated heterocycles. The minimum absolute atomic E-state index is 0.131. The Hall–Kier alpha value is -3.77. The van der Waals surface area contributed by atoms with Crippen LogP contribution in [0.5, 0.6) is 0 Å². The second-order valence-corrected chi connectivity index (χ2v) is 10.00. The summed E-state index contributed by atoms with van der Waals surface area (Å²) in [5.74, 6) is -4.74. The number of benzene rings is 3. The topological polar surface area (TPSA) is 49.4 Å². The van der Waals surface area contributed by atoms with Gasteiger partial charge in [-0.3, -0.25) is 9.59 Å². The summed E-state index contributed by atoms with van der Waals surface area (Å²) in [7, 11) is 0. The third-order valence-electron chi connectivity index (χ3n) is 5.97. The Bertz CT molecular complexity index is 1570. The molecule has 0 aliphatic rings. The molecule has 0 fully saturated rings. The Balaban J connectivity index is 2.11. The number of rotatable bonds is 7. The van der Waals surface area contributed by atoms with Crippen LogP contribution in [0.1, 0.15) is 31.8 Å². The molecule has 0 heterocycles. The number of nitrogens with zero attached hydrogens (tertiary/aromatic N) is 1. The quantitative estimate of drug-likeness (QED) is 0.149. The van der Waals surface area contributed by atoms with Crippen LogP contribution in [0.25, 0.3) is 0 Å². The third kappa shape index (κ3) is 6.66. The van der Waals surface area contributed by atoms with Crippen molar-refractivity contribution < 1.29 is 62.3 Å². The number of hydrogen-bond acceptors (Lipinski definition) is 2. The lowest BCUT2D eigenvalue weighted by atomic mass is 9.92. The Morgan fingerprint density at radius 1 is 0.864 bits per heavy atom. The Kier molecular flexibility index (Phi) is 9.72. The molecule has 2 amide bonds. The fraction of sp³-hybridized carbons (Fsp3) is 0.185. The maximum Gasteiger partial charge on any atom is 0.435 e. The largest absolute Gasteiger partial charge is 0.435 e. The first kappa shape index (κ1) is 34.7. The maximum atomic E-state index is 15.6. The minimum Gasteiger partial charge on any atom is -0.320 e. The monoisotopic (exact) mass is 754 g/mol. The molecule has 0 atom stereocenters. The zero-order valence-electron chi connectivity index (χ0n) is 21.4. The van der Waals surface area contributed by atoms with Crippen LogP contribution in [0.15, 0.2) is 67.3 Å². The van der Waals surface area contributed by atoms with Gasteiger partial charge in [0.2, 0.25) is 0 Å². The van der Waals surface area contributed by atoms with E-state index in [9.17, 15) is 57.9 Å². The predicted molar refractivity (Wildman–Crippen MR) is 142 cm³/mol. The van der Waals surface area contributed by atoms with E-state index in [1.54, 1.807) is 5.32 Å². The fourth-order valence-corrected chi connectivity index (χ4v) is 4.66. The van der Waals surface area contributed by atoms with Crippen molar-refractivity contribution in [3.63, 3.8) is 0 Å². The molecular formula is C27H15F12IN2O2. The summed E-state index contributed by atoms with van der Waals surface area (Å²) in [4.78, 5) is 26.7. The van der Waals surface area contributed by atoms with Crippen LogP contribution in [0.2, 0.25) is 0 Å². The lowest BCUT2D eigenvalue weighted by Crippen LogP contribution is -2.50. The number of carbonyl (C=O) groups is 2. The molecule has 0 aliphatic carbocycles. The van der Waals surface area contributed by atoms with Gasteiger partial charge in [0.1, 0.15) is 5.82 Å². The summed E-state index contributed by atoms with van der Waals surface area (Å²) >= 11 is 0.855. The normalized spacial score (nSPS) is 12.6. The first-order chi connectivity index (χ1) is 20.1. The number of halogens is 13. The van der Waals surface area contributed by atoms with Crippen LogP contribution >= 0.6 is 22.6 Å². The van der Waals surface area contributed by atoms with Crippen LogP contribution in [0.4, 0.5) is 64.1 Å². The molecule has 0 unspecified atom stereocenters. The van der Waals surface area contributed by atoms with Gasteiger partial charge in [0.15, 0.2) is 5.82 Å². The zero-order chi connectivity index (χ0) is 33.4. The van der Waals surface area contributed by atoms with Crippen LogP contribution in [-0.4, -0.2) is 30.7 Å². The average Bonchev–Trinajstić information content (AvgIpc) is 2.90. The van der Waals surface area contributed by atoms with E-state index < -0.39 is 85.3 Å². The van der Waals surface area contributed by atoms with Crippen molar-refractivity contribution in [3.8, 4) is 0 Å². The Labute approximate surface area is 253 Å². The molecule has 236 valence electrons. The predicted octanol–water partition coefficient (Wildman–Crippen LogP) is 8.96. The van der Waals surface area contributed by atoms with Gasteiger partial charge in [-0.1, -0.05) is 12.1 Å². The van der Waals surface area contributed by atoms with Gasteiger partial charge in [0, 0.05) is 21.2 Å². The van der Waals surface area contributed by atoms with Gasteiger partial charge in [-0.15, -0.1) is 6.58 Å². The van der Waals surface area contributed by atoms with E-state index in [0.717, 1.165) is 76.0 Å². The molecule has 3 aromatic rings. The van der Waals surface area contributed by atoms with Gasteiger partial charge >= 0.3 is 24.2 Å². The van der Waals surface area contributed by atoms with Gasteiger partial charge in [0.05, 0.1) is 22.5 Å². The summed E-state index contributed by atoms with van der Waals surface area (Å²) < 4.78 is 163. The van der Waals surface area contributed by atoms with Crippen molar-refractivity contribution >= 4 is 45.8 Å². The van der Waals surface area contributed by atoms with Gasteiger partial charge in [-0.05, 0) is 71.1 Å². The van der Waals surface area contributed by atoms with Crippen LogP contribution < -0.4 is 10.2 Å².